The molecule has 5 nitrogen and oxygen atoms in total. The molecule has 0 radical (unpaired) electrons. The Balaban J connectivity index is 5.55. The number of carbonyl (C=O) groups is 1. The molecule has 0 aliphatic heterocycles. The monoisotopic (exact) mass is 398 g/mol. The van der Waals surface area contributed by atoms with Crippen LogP contribution in [0.5, 0.6) is 0 Å². The second kappa shape index (κ2) is 6.42. The van der Waals surface area contributed by atoms with E-state index in [-0.39, 0.29) is 0 Å². The summed E-state index contributed by atoms with van der Waals surface area (Å²) in [6.45, 7) is 1.95. The summed E-state index contributed by atoms with van der Waals surface area (Å²) >= 11 is 0. The van der Waals surface area contributed by atoms with Crippen molar-refractivity contribution in [3.8, 4) is 0 Å². The maximum Gasteiger partial charge on any atom is 0.460 e. The van der Waals surface area contributed by atoms with Crippen molar-refractivity contribution in [3.63, 3.8) is 0 Å². The molecule has 0 aromatic carbocycles. The molecule has 0 unspecified atom stereocenters. The van der Waals surface area contributed by atoms with E-state index in [1.165, 1.54) is 0 Å². The second-order valence-corrected chi connectivity index (χ2v) is 5.72. The van der Waals surface area contributed by atoms with Gasteiger partial charge in [0.15, 0.2) is 0 Å². The molecule has 0 aliphatic rings. The molecule has 0 saturated carbocycles. The van der Waals surface area contributed by atoms with Gasteiger partial charge in [0.05, 0.1) is 0 Å². The second-order valence-electron chi connectivity index (χ2n) is 4.07. The average molecular weight is 398 g/mol. The molecule has 0 aromatic heterocycles. The minimum atomic E-state index is -7.42. The Bertz CT molecular complexity index is 607. The van der Waals surface area contributed by atoms with E-state index in [9.17, 15) is 52.7 Å². The number of hydrogen-bond donors (Lipinski definition) is 0. The number of rotatable bonds is 7. The van der Waals surface area contributed by atoms with Crippen molar-refractivity contribution in [2.75, 3.05) is 6.79 Å². The zero-order chi connectivity index (χ0) is 19.8. The van der Waals surface area contributed by atoms with Crippen LogP contribution in [0.1, 0.15) is 6.92 Å². The molecule has 0 heterocycles. The third-order valence-corrected chi connectivity index (χ3v) is 3.46. The SMILES string of the molecule is C=C(C)C(=O)OCOS(=O)(=O)C(F)(F)C(F)(F)C(F)(F)C(F)(F)F. The first-order valence-corrected chi connectivity index (χ1v) is 6.65. The molecule has 0 fully saturated rings. The number of ether oxygens (including phenoxy) is 1. The van der Waals surface area contributed by atoms with Crippen molar-refractivity contribution in [1.29, 1.82) is 0 Å². The normalized spacial score (nSPS) is 14.4. The van der Waals surface area contributed by atoms with E-state index in [0.717, 1.165) is 6.92 Å². The van der Waals surface area contributed by atoms with Crippen molar-refractivity contribution < 1.29 is 61.6 Å². The summed E-state index contributed by atoms with van der Waals surface area (Å²) in [6, 6.07) is 0. The van der Waals surface area contributed by atoms with Crippen LogP contribution in [0.25, 0.3) is 0 Å². The highest BCUT2D eigenvalue weighted by molar-refractivity contribution is 7.87. The fourth-order valence-electron chi connectivity index (χ4n) is 0.856. The van der Waals surface area contributed by atoms with Gasteiger partial charge in [0.25, 0.3) is 0 Å². The summed E-state index contributed by atoms with van der Waals surface area (Å²) in [7, 11) is -7.05. The first-order valence-electron chi connectivity index (χ1n) is 5.24. The number of carbonyl (C=O) groups excluding carboxylic acids is 1. The Labute approximate surface area is 128 Å². The van der Waals surface area contributed by atoms with Gasteiger partial charge < -0.3 is 4.74 Å². The van der Waals surface area contributed by atoms with Gasteiger partial charge in [-0.3, -0.25) is 0 Å². The molecule has 0 spiro atoms. The summed E-state index contributed by atoms with van der Waals surface area (Å²) in [5.74, 6) is -16.3. The molecular formula is C9H7F9O5S. The largest absolute Gasteiger partial charge is 0.460 e. The fourth-order valence-corrected chi connectivity index (χ4v) is 1.62. The predicted molar refractivity (Wildman–Crippen MR) is 56.7 cm³/mol. The zero-order valence-corrected chi connectivity index (χ0v) is 12.1. The molecular weight excluding hydrogens is 391 g/mol. The number of alkyl halides is 9. The van der Waals surface area contributed by atoms with E-state index in [4.69, 9.17) is 0 Å². The molecule has 0 aromatic rings. The number of halogens is 9. The van der Waals surface area contributed by atoms with Crippen LogP contribution in [0.4, 0.5) is 39.5 Å². The minimum absolute atomic E-state index is 0.420. The first kappa shape index (κ1) is 22.5. The van der Waals surface area contributed by atoms with Crippen molar-refractivity contribution in [3.05, 3.63) is 12.2 Å². The Hall–Kier alpha value is -1.51. The Morgan fingerprint density at radius 2 is 1.38 bits per heavy atom. The van der Waals surface area contributed by atoms with E-state index in [0.29, 0.717) is 0 Å². The van der Waals surface area contributed by atoms with Gasteiger partial charge >= 0.3 is 39.4 Å². The summed E-state index contributed by atoms with van der Waals surface area (Å²) in [5.41, 5.74) is -0.420. The molecule has 0 amide bonds. The van der Waals surface area contributed by atoms with E-state index in [2.05, 4.69) is 15.5 Å². The molecule has 15 heteroatoms. The lowest BCUT2D eigenvalue weighted by atomic mass is 10.1. The van der Waals surface area contributed by atoms with E-state index in [1.807, 2.05) is 0 Å². The summed E-state index contributed by atoms with van der Waals surface area (Å²) in [4.78, 5) is 10.8. The molecule has 0 atom stereocenters. The third kappa shape index (κ3) is 3.76. The van der Waals surface area contributed by atoms with Crippen LogP contribution >= 0.6 is 0 Å². The standard InChI is InChI=1S/C9H7F9O5S/c1-4(2)5(19)22-3-23-24(20,21)9(17,18)7(12,13)6(10,11)8(14,15)16/h1,3H2,2H3. The van der Waals surface area contributed by atoms with Gasteiger partial charge in [-0.15, -0.1) is 0 Å². The van der Waals surface area contributed by atoms with Crippen LogP contribution in [0, 0.1) is 0 Å². The van der Waals surface area contributed by atoms with Crippen LogP contribution in [-0.2, 0) is 23.8 Å². The maximum absolute atomic E-state index is 13.1. The lowest BCUT2D eigenvalue weighted by Crippen LogP contribution is -2.63. The first-order chi connectivity index (χ1) is 10.3. The highest BCUT2D eigenvalue weighted by Crippen LogP contribution is 2.54. The van der Waals surface area contributed by atoms with Gasteiger partial charge in [0.2, 0.25) is 6.79 Å². The third-order valence-electron chi connectivity index (χ3n) is 2.17. The Morgan fingerprint density at radius 3 is 1.71 bits per heavy atom. The van der Waals surface area contributed by atoms with Crippen LogP contribution in [-0.4, -0.2) is 44.5 Å². The highest BCUT2D eigenvalue weighted by Gasteiger charge is 2.85. The molecule has 142 valence electrons. The van der Waals surface area contributed by atoms with Gasteiger partial charge in [-0.1, -0.05) is 6.58 Å². The van der Waals surface area contributed by atoms with Crippen LogP contribution in [0.3, 0.4) is 0 Å². The van der Waals surface area contributed by atoms with Crippen molar-refractivity contribution in [2.45, 2.75) is 30.2 Å². The van der Waals surface area contributed by atoms with Gasteiger partial charge in [-0.25, -0.2) is 8.98 Å². The summed E-state index contributed by atoms with van der Waals surface area (Å²) < 4.78 is 141. The van der Waals surface area contributed by atoms with Crippen molar-refractivity contribution in [1.82, 2.24) is 0 Å². The number of hydrogen-bond acceptors (Lipinski definition) is 5. The van der Waals surface area contributed by atoms with Gasteiger partial charge in [0, 0.05) is 5.57 Å². The molecule has 24 heavy (non-hydrogen) atoms. The van der Waals surface area contributed by atoms with Gasteiger partial charge in [-0.2, -0.15) is 47.9 Å². The molecule has 0 saturated heterocycles. The van der Waals surface area contributed by atoms with E-state index in [1.54, 1.807) is 0 Å². The minimum Gasteiger partial charge on any atom is -0.434 e. The van der Waals surface area contributed by atoms with Crippen molar-refractivity contribution in [2.24, 2.45) is 0 Å². The highest BCUT2D eigenvalue weighted by atomic mass is 32.2. The summed E-state index contributed by atoms with van der Waals surface area (Å²) in [6.07, 6.45) is -7.19. The topological polar surface area (TPSA) is 69.7 Å². The Morgan fingerprint density at radius 1 is 0.958 bits per heavy atom. The van der Waals surface area contributed by atoms with E-state index >= 15 is 0 Å². The zero-order valence-electron chi connectivity index (χ0n) is 11.3. The van der Waals surface area contributed by atoms with E-state index < -0.39 is 51.7 Å². The predicted octanol–water partition coefficient (Wildman–Crippen LogP) is 2.84. The van der Waals surface area contributed by atoms with Crippen LogP contribution in [0.15, 0.2) is 12.2 Å². The summed E-state index contributed by atoms with van der Waals surface area (Å²) in [5, 5.41) is -7.01. The van der Waals surface area contributed by atoms with Crippen molar-refractivity contribution >= 4 is 16.1 Å². The Kier molecular flexibility index (Phi) is 6.02. The lowest BCUT2D eigenvalue weighted by Gasteiger charge is -2.32. The van der Waals surface area contributed by atoms with Crippen LogP contribution < -0.4 is 0 Å². The maximum atomic E-state index is 13.1. The van der Waals surface area contributed by atoms with Crippen LogP contribution in [0.2, 0.25) is 0 Å². The molecule has 0 aliphatic carbocycles. The molecule has 0 rings (SSSR count). The lowest BCUT2D eigenvalue weighted by molar-refractivity contribution is -0.382. The fraction of sp³-hybridized carbons (Fsp3) is 0.667. The quantitative estimate of drug-likeness (QED) is 0.217. The van der Waals surface area contributed by atoms with Gasteiger partial charge in [-0.05, 0) is 6.92 Å². The van der Waals surface area contributed by atoms with Gasteiger partial charge in [0.1, 0.15) is 0 Å². The smallest absolute Gasteiger partial charge is 0.434 e. The molecule has 0 bridgehead atoms. The average Bonchev–Trinajstić information content (AvgIpc) is 2.35. The molecule has 0 N–H and O–H groups in total. The number of esters is 1.